The van der Waals surface area contributed by atoms with Gasteiger partial charge in [-0.2, -0.15) is 31.6 Å². The van der Waals surface area contributed by atoms with E-state index in [0.717, 1.165) is 100 Å². The lowest BCUT2D eigenvalue weighted by atomic mass is 9.93. The van der Waals surface area contributed by atoms with E-state index in [1.165, 1.54) is 5.56 Å². The molecule has 0 bridgehead atoms. The number of benzene rings is 9. The first-order valence-corrected chi connectivity index (χ1v) is 22.8. The van der Waals surface area contributed by atoms with Gasteiger partial charge in [-0.05, 0) is 151 Å². The summed E-state index contributed by atoms with van der Waals surface area (Å²) in [7, 11) is 0. The minimum Gasteiger partial charge on any atom is -0.309 e. The molecule has 0 radical (unpaired) electrons. The summed E-state index contributed by atoms with van der Waals surface area (Å²) in [5.74, 6) is 0. The van der Waals surface area contributed by atoms with Crippen LogP contribution in [0.2, 0.25) is 0 Å². The zero-order valence-electron chi connectivity index (χ0n) is 38.4. The number of alkyl halides is 6. The lowest BCUT2D eigenvalue weighted by Gasteiger charge is -2.21. The monoisotopic (exact) mass is 929 g/mol. The van der Waals surface area contributed by atoms with Crippen LogP contribution >= 0.6 is 0 Å². The minimum atomic E-state index is -5.05. The summed E-state index contributed by atoms with van der Waals surface area (Å²) in [5, 5.41) is 14.3. The van der Waals surface area contributed by atoms with Gasteiger partial charge in [-0.1, -0.05) is 108 Å². The molecule has 0 aliphatic rings. The Labute approximate surface area is 399 Å². The molecule has 11 rings (SSSR count). The van der Waals surface area contributed by atoms with Crippen molar-refractivity contribution in [2.24, 2.45) is 0 Å². The summed E-state index contributed by atoms with van der Waals surface area (Å²) in [6.45, 7) is 8.29. The summed E-state index contributed by atoms with van der Waals surface area (Å²) in [5.41, 5.74) is 12.0. The second-order valence-corrected chi connectivity index (χ2v) is 18.2. The first-order chi connectivity index (χ1) is 33.5. The molecule has 0 saturated heterocycles. The maximum Gasteiger partial charge on any atom is 0.416 e. The molecule has 0 unspecified atom stereocenters. The van der Waals surface area contributed by atoms with Crippen LogP contribution < -0.4 is 0 Å². The number of para-hydroxylation sites is 2. The third-order valence-electron chi connectivity index (χ3n) is 13.5. The van der Waals surface area contributed by atoms with Gasteiger partial charge in [0.05, 0.1) is 56.2 Å². The Bertz CT molecular complexity index is 3960. The van der Waals surface area contributed by atoms with Crippen molar-refractivity contribution in [3.8, 4) is 62.0 Å². The van der Waals surface area contributed by atoms with E-state index < -0.39 is 23.5 Å². The summed E-state index contributed by atoms with van der Waals surface area (Å²) < 4.78 is 90.6. The van der Waals surface area contributed by atoms with Crippen LogP contribution in [0.3, 0.4) is 0 Å². The van der Waals surface area contributed by atoms with Crippen LogP contribution in [0.5, 0.6) is 0 Å². The van der Waals surface area contributed by atoms with E-state index in [-0.39, 0.29) is 17.2 Å². The highest BCUT2D eigenvalue weighted by molar-refractivity contribution is 6.13. The zero-order chi connectivity index (χ0) is 48.8. The van der Waals surface area contributed by atoms with Gasteiger partial charge in [0.25, 0.3) is 0 Å². The summed E-state index contributed by atoms with van der Waals surface area (Å²) in [6, 6.07) is 55.6. The molecule has 11 aromatic rings. The van der Waals surface area contributed by atoms with Gasteiger partial charge in [0.15, 0.2) is 0 Å². The molecule has 9 aromatic carbocycles. The number of nitriles is 1. The van der Waals surface area contributed by atoms with Crippen LogP contribution in [0.15, 0.2) is 176 Å². The van der Waals surface area contributed by atoms with E-state index in [1.54, 1.807) is 30.3 Å². The highest BCUT2D eigenvalue weighted by Gasteiger charge is 2.37. The summed E-state index contributed by atoms with van der Waals surface area (Å²) in [6.07, 6.45) is -10.1. The molecule has 0 amide bonds. The number of halogens is 6. The van der Waals surface area contributed by atoms with Gasteiger partial charge in [-0.3, -0.25) is 0 Å². The van der Waals surface area contributed by atoms with Gasteiger partial charge in [0.1, 0.15) is 0 Å². The lowest BCUT2D eigenvalue weighted by Crippen LogP contribution is -2.11. The van der Waals surface area contributed by atoms with Crippen molar-refractivity contribution in [3.63, 3.8) is 0 Å². The topological polar surface area (TPSA) is 33.6 Å². The Kier molecular flexibility index (Phi) is 10.4. The van der Waals surface area contributed by atoms with E-state index in [0.29, 0.717) is 22.4 Å². The maximum absolute atomic E-state index is 14.4. The quantitative estimate of drug-likeness (QED) is 0.153. The molecule has 0 aliphatic carbocycles. The Morgan fingerprint density at radius 2 is 0.843 bits per heavy atom. The van der Waals surface area contributed by atoms with Crippen molar-refractivity contribution in [1.29, 1.82) is 5.26 Å². The Morgan fingerprint density at radius 3 is 1.34 bits per heavy atom. The van der Waals surface area contributed by atoms with Crippen LogP contribution in [0.4, 0.5) is 26.3 Å². The van der Waals surface area contributed by atoms with Crippen molar-refractivity contribution >= 4 is 43.6 Å². The van der Waals surface area contributed by atoms with E-state index in [2.05, 4.69) is 98.1 Å². The van der Waals surface area contributed by atoms with Crippen molar-refractivity contribution in [2.45, 2.75) is 40.0 Å². The lowest BCUT2D eigenvalue weighted by molar-refractivity contribution is -0.143. The van der Waals surface area contributed by atoms with Crippen molar-refractivity contribution in [2.75, 3.05) is 0 Å². The molecule has 0 fully saturated rings. The number of aryl methyl sites for hydroxylation is 4. The molecular formula is C61H41F6N3. The maximum atomic E-state index is 14.4. The predicted octanol–water partition coefficient (Wildman–Crippen LogP) is 17.7. The van der Waals surface area contributed by atoms with Gasteiger partial charge < -0.3 is 9.13 Å². The number of aromatic nitrogens is 2. The molecule has 0 atom stereocenters. The smallest absolute Gasteiger partial charge is 0.309 e. The fourth-order valence-electron chi connectivity index (χ4n) is 10.3. The van der Waals surface area contributed by atoms with Gasteiger partial charge in [-0.25, -0.2) is 0 Å². The Morgan fingerprint density at radius 1 is 0.371 bits per heavy atom. The molecule has 2 aromatic heterocycles. The standard InChI is InChI=1S/C61H41F6N3/c1-35-13-19-46(37(3)25-35)41-17-23-57-52(30-41)48-9-5-7-11-54(48)69(57)56-22-15-39(34-68)27-51(56)50-21-16-40(43-28-44(60(62,63)64)33-45(29-43)61(65,66)67)32-59(50)70-55-12-8-6-10-49(55)53-31-42(18-24-58(53)70)47-20-14-36(2)26-38(47)4/h5-33H,1-4H3. The van der Waals surface area contributed by atoms with E-state index in [9.17, 15) is 31.6 Å². The van der Waals surface area contributed by atoms with Crippen LogP contribution in [0.25, 0.3) is 99.5 Å². The largest absolute Gasteiger partial charge is 0.416 e. The first-order valence-electron chi connectivity index (χ1n) is 22.8. The van der Waals surface area contributed by atoms with Crippen LogP contribution in [0.1, 0.15) is 38.9 Å². The predicted molar refractivity (Wildman–Crippen MR) is 271 cm³/mol. The van der Waals surface area contributed by atoms with Gasteiger partial charge in [0.2, 0.25) is 0 Å². The normalized spacial score (nSPS) is 12.1. The number of nitrogens with zero attached hydrogens (tertiary/aromatic N) is 3. The zero-order valence-corrected chi connectivity index (χ0v) is 38.4. The molecule has 0 N–H and O–H groups in total. The van der Waals surface area contributed by atoms with E-state index in [1.807, 2.05) is 72.2 Å². The fraction of sp³-hybridized carbons (Fsp3) is 0.0984. The number of rotatable bonds is 6. The number of hydrogen-bond acceptors (Lipinski definition) is 1. The molecule has 2 heterocycles. The summed E-state index contributed by atoms with van der Waals surface area (Å²) >= 11 is 0. The second kappa shape index (κ2) is 16.4. The van der Waals surface area contributed by atoms with Crippen LogP contribution in [0, 0.1) is 39.0 Å². The van der Waals surface area contributed by atoms with Gasteiger partial charge in [0, 0.05) is 32.7 Å². The average molecular weight is 930 g/mol. The second-order valence-electron chi connectivity index (χ2n) is 18.2. The SMILES string of the molecule is Cc1ccc(-c2ccc3c(c2)c2ccccc2n3-c2ccc(C#N)cc2-c2ccc(-c3cc(C(F)(F)F)cc(C(F)(F)F)c3)cc2-n2c3ccccc3c3cc(-c4ccc(C)cc4C)ccc32)c(C)c1. The molecule has 0 spiro atoms. The van der Waals surface area contributed by atoms with E-state index in [4.69, 9.17) is 0 Å². The molecule has 0 aliphatic heterocycles. The van der Waals surface area contributed by atoms with Crippen LogP contribution in [-0.4, -0.2) is 9.13 Å². The average Bonchev–Trinajstić information content (AvgIpc) is 3.85. The number of fused-ring (bicyclic) bond motifs is 6. The minimum absolute atomic E-state index is 0.141. The highest BCUT2D eigenvalue weighted by Crippen LogP contribution is 2.45. The summed E-state index contributed by atoms with van der Waals surface area (Å²) in [4.78, 5) is 0. The molecule has 9 heteroatoms. The highest BCUT2D eigenvalue weighted by atomic mass is 19.4. The van der Waals surface area contributed by atoms with E-state index >= 15 is 0 Å². The molecule has 342 valence electrons. The number of hydrogen-bond donors (Lipinski definition) is 0. The first kappa shape index (κ1) is 44.2. The molecule has 3 nitrogen and oxygen atoms in total. The van der Waals surface area contributed by atoms with Crippen molar-refractivity contribution in [3.05, 3.63) is 215 Å². The van der Waals surface area contributed by atoms with Crippen molar-refractivity contribution in [1.82, 2.24) is 9.13 Å². The van der Waals surface area contributed by atoms with Crippen molar-refractivity contribution < 1.29 is 26.3 Å². The molecule has 0 saturated carbocycles. The third kappa shape index (κ3) is 7.48. The van der Waals surface area contributed by atoms with Gasteiger partial charge in [-0.15, -0.1) is 0 Å². The fourth-order valence-corrected chi connectivity index (χ4v) is 10.3. The third-order valence-corrected chi connectivity index (χ3v) is 13.5. The Balaban J connectivity index is 1.22. The Hall–Kier alpha value is -8.35. The van der Waals surface area contributed by atoms with Crippen LogP contribution in [-0.2, 0) is 12.4 Å². The van der Waals surface area contributed by atoms with Gasteiger partial charge >= 0.3 is 12.4 Å². The molecule has 70 heavy (non-hydrogen) atoms. The molecular weight excluding hydrogens is 889 g/mol.